The summed E-state index contributed by atoms with van der Waals surface area (Å²) in [7, 11) is 0. The van der Waals surface area contributed by atoms with Gasteiger partial charge in [0.2, 0.25) is 0 Å². The van der Waals surface area contributed by atoms with Crippen molar-refractivity contribution in [2.24, 2.45) is 0 Å². The second-order valence-electron chi connectivity index (χ2n) is 11.2. The van der Waals surface area contributed by atoms with Crippen LogP contribution in [0.15, 0.2) is 31.0 Å². The molecule has 3 rings (SSSR count). The zero-order chi connectivity index (χ0) is 32.4. The molecule has 7 nitrogen and oxygen atoms in total. The van der Waals surface area contributed by atoms with Gasteiger partial charge in [0.1, 0.15) is 5.69 Å². The van der Waals surface area contributed by atoms with Crippen LogP contribution in [-0.4, -0.2) is 58.9 Å². The summed E-state index contributed by atoms with van der Waals surface area (Å²) in [4.78, 5) is 26.1. The Kier molecular flexibility index (Phi) is 18.5. The van der Waals surface area contributed by atoms with Crippen LogP contribution in [0.25, 0.3) is 0 Å². The molecule has 0 spiro atoms. The minimum atomic E-state index is -0.0483. The van der Waals surface area contributed by atoms with Crippen molar-refractivity contribution in [3.8, 4) is 0 Å². The minimum absolute atomic E-state index is 0.0483. The quantitative estimate of drug-likeness (QED) is 0.171. The molecule has 2 aromatic rings. The highest BCUT2D eigenvalue weighted by Crippen LogP contribution is 2.27. The number of carbonyl (C=O) groups excluding carboxylic acids is 1. The van der Waals surface area contributed by atoms with Crippen molar-refractivity contribution in [2.45, 2.75) is 126 Å². The van der Waals surface area contributed by atoms with Gasteiger partial charge in [0.25, 0.3) is 0 Å². The van der Waals surface area contributed by atoms with E-state index in [1.165, 1.54) is 42.4 Å². The van der Waals surface area contributed by atoms with Crippen molar-refractivity contribution >= 4 is 17.4 Å². The summed E-state index contributed by atoms with van der Waals surface area (Å²) in [6.45, 7) is 26.4. The van der Waals surface area contributed by atoms with Crippen LogP contribution in [0.4, 0.5) is 11.6 Å². The fraction of sp³-hybridized carbons (Fsp3) is 0.639. The van der Waals surface area contributed by atoms with Gasteiger partial charge in [-0.3, -0.25) is 9.69 Å². The number of nitrogens with zero attached hydrogens (tertiary/aromatic N) is 4. The van der Waals surface area contributed by atoms with Crippen molar-refractivity contribution in [3.05, 3.63) is 59.1 Å². The van der Waals surface area contributed by atoms with Crippen LogP contribution >= 0.6 is 0 Å². The molecule has 1 unspecified atom stereocenters. The third-order valence-electron chi connectivity index (χ3n) is 8.09. The van der Waals surface area contributed by atoms with Gasteiger partial charge < -0.3 is 16.0 Å². The molecular weight excluding hydrogens is 532 g/mol. The van der Waals surface area contributed by atoms with Gasteiger partial charge in [-0.2, -0.15) is 0 Å². The van der Waals surface area contributed by atoms with Crippen LogP contribution in [0.1, 0.15) is 120 Å². The van der Waals surface area contributed by atoms with Crippen LogP contribution in [0.2, 0.25) is 0 Å². The first-order valence-corrected chi connectivity index (χ1v) is 16.8. The Morgan fingerprint density at radius 3 is 2.30 bits per heavy atom. The lowest BCUT2D eigenvalue weighted by Gasteiger charge is -2.46. The highest BCUT2D eigenvalue weighted by atomic mass is 16.1. The number of carbonyl (C=O) groups is 1. The fourth-order valence-electron chi connectivity index (χ4n) is 5.88. The van der Waals surface area contributed by atoms with E-state index in [1.54, 1.807) is 6.20 Å². The van der Waals surface area contributed by atoms with E-state index in [-0.39, 0.29) is 11.6 Å². The van der Waals surface area contributed by atoms with Gasteiger partial charge >= 0.3 is 0 Å². The van der Waals surface area contributed by atoms with E-state index in [4.69, 9.17) is 5.73 Å². The Hall–Kier alpha value is -2.93. The van der Waals surface area contributed by atoms with Crippen molar-refractivity contribution in [1.82, 2.24) is 20.2 Å². The predicted octanol–water partition coefficient (Wildman–Crippen LogP) is 7.69. The average Bonchev–Trinajstić information content (AvgIpc) is 3.02. The molecule has 3 N–H and O–H groups in total. The van der Waals surface area contributed by atoms with E-state index in [0.717, 1.165) is 57.0 Å². The number of rotatable bonds is 14. The standard InChI is InChI=1S/C21H37N5O.C13H19N.C2H6/c1-6-10-17(11-7-2)26-13-12-25(14-16(26)8-3)21-15(5)23-19(18(27)9-4)20(22)24-21;1-4-12-7-6-11(3)10-13(12)8-9-14-5-2;1-2/h16-17H,6-14H2,1-5H3,(H2,22,24);5-7,10,14H,2,4,8-9H2,1,3H3;1-2H3. The first-order valence-electron chi connectivity index (χ1n) is 16.8. The van der Waals surface area contributed by atoms with Gasteiger partial charge in [-0.15, -0.1) is 0 Å². The third kappa shape index (κ3) is 11.6. The molecule has 43 heavy (non-hydrogen) atoms. The number of anilines is 2. The number of aromatic nitrogens is 2. The van der Waals surface area contributed by atoms with E-state index in [2.05, 4.69) is 84.5 Å². The third-order valence-corrected chi connectivity index (χ3v) is 8.09. The summed E-state index contributed by atoms with van der Waals surface area (Å²) in [6.07, 6.45) is 10.5. The van der Waals surface area contributed by atoms with Crippen molar-refractivity contribution in [2.75, 3.05) is 36.8 Å². The van der Waals surface area contributed by atoms with Gasteiger partial charge in [-0.1, -0.05) is 91.6 Å². The Bertz CT molecular complexity index is 1100. The second kappa shape index (κ2) is 20.9. The number of benzene rings is 1. The molecule has 1 aromatic heterocycles. The second-order valence-corrected chi connectivity index (χ2v) is 11.2. The maximum Gasteiger partial charge on any atom is 0.184 e. The number of aryl methyl sites for hydroxylation is 3. The summed E-state index contributed by atoms with van der Waals surface area (Å²) in [5.74, 6) is 1.04. The summed E-state index contributed by atoms with van der Waals surface area (Å²) >= 11 is 0. The van der Waals surface area contributed by atoms with E-state index >= 15 is 0 Å². The molecule has 1 fully saturated rings. The molecule has 2 heterocycles. The molecule has 0 aliphatic carbocycles. The van der Waals surface area contributed by atoms with Gasteiger partial charge in [0.15, 0.2) is 17.4 Å². The maximum atomic E-state index is 12.0. The molecule has 0 saturated carbocycles. The van der Waals surface area contributed by atoms with E-state index in [0.29, 0.717) is 24.2 Å². The Balaban J connectivity index is 0.000000485. The molecule has 1 atom stereocenters. The highest BCUT2D eigenvalue weighted by molar-refractivity contribution is 5.98. The van der Waals surface area contributed by atoms with Crippen LogP contribution < -0.4 is 16.0 Å². The average molecular weight is 595 g/mol. The molecule has 0 amide bonds. The van der Waals surface area contributed by atoms with E-state index in [9.17, 15) is 4.79 Å². The SMILES string of the molecule is C=CNCCc1cc(C)ccc1CC.CC.CCCC(CCC)N1CCN(c2nc(N)c(C(=O)CC)nc2C)CC1CC. The topological polar surface area (TPSA) is 87.4 Å². The molecular formula is C36H62N6O. The summed E-state index contributed by atoms with van der Waals surface area (Å²) in [5, 5.41) is 3.13. The minimum Gasteiger partial charge on any atom is -0.391 e. The van der Waals surface area contributed by atoms with Crippen LogP contribution in [0.5, 0.6) is 0 Å². The molecule has 1 aromatic carbocycles. The van der Waals surface area contributed by atoms with Gasteiger partial charge in [0.05, 0.1) is 5.69 Å². The van der Waals surface area contributed by atoms with Crippen molar-refractivity contribution < 1.29 is 4.79 Å². The van der Waals surface area contributed by atoms with Gasteiger partial charge in [-0.05, 0) is 63.3 Å². The monoisotopic (exact) mass is 594 g/mol. The number of ketones is 1. The van der Waals surface area contributed by atoms with Crippen molar-refractivity contribution in [3.63, 3.8) is 0 Å². The molecule has 0 bridgehead atoms. The number of hydrogen-bond acceptors (Lipinski definition) is 7. The van der Waals surface area contributed by atoms with Gasteiger partial charge in [-0.25, -0.2) is 9.97 Å². The fourth-order valence-corrected chi connectivity index (χ4v) is 5.88. The lowest BCUT2D eigenvalue weighted by Crippen LogP contribution is -2.56. The molecule has 7 heteroatoms. The first kappa shape index (κ1) is 38.1. The summed E-state index contributed by atoms with van der Waals surface area (Å²) < 4.78 is 0. The number of nitrogen functional groups attached to an aromatic ring is 1. The number of hydrogen-bond donors (Lipinski definition) is 2. The Labute approximate surface area is 263 Å². The zero-order valence-corrected chi connectivity index (χ0v) is 28.9. The van der Waals surface area contributed by atoms with Crippen LogP contribution in [-0.2, 0) is 12.8 Å². The summed E-state index contributed by atoms with van der Waals surface area (Å²) in [6, 6.07) is 7.89. The van der Waals surface area contributed by atoms with Crippen molar-refractivity contribution in [1.29, 1.82) is 0 Å². The molecule has 1 saturated heterocycles. The first-order chi connectivity index (χ1) is 20.7. The zero-order valence-electron chi connectivity index (χ0n) is 28.9. The molecule has 0 radical (unpaired) electrons. The smallest absolute Gasteiger partial charge is 0.184 e. The Morgan fingerprint density at radius 2 is 1.74 bits per heavy atom. The van der Waals surface area contributed by atoms with Gasteiger partial charge in [0, 0.05) is 44.7 Å². The largest absolute Gasteiger partial charge is 0.391 e. The normalized spacial score (nSPS) is 14.8. The lowest BCUT2D eigenvalue weighted by molar-refractivity contribution is 0.0982. The number of Topliss-reactive ketones (excluding diaryl/α,β-unsaturated/α-hetero) is 1. The summed E-state index contributed by atoms with van der Waals surface area (Å²) in [5.41, 5.74) is 11.4. The molecule has 1 aliphatic rings. The highest BCUT2D eigenvalue weighted by Gasteiger charge is 2.32. The number of piperazine rings is 1. The van der Waals surface area contributed by atoms with Crippen LogP contribution in [0, 0.1) is 13.8 Å². The lowest BCUT2D eigenvalue weighted by atomic mass is 9.99. The van der Waals surface area contributed by atoms with E-state index in [1.807, 2.05) is 27.7 Å². The predicted molar refractivity (Wildman–Crippen MR) is 186 cm³/mol. The number of nitrogens with two attached hydrogens (primary N) is 1. The Morgan fingerprint density at radius 1 is 1.07 bits per heavy atom. The van der Waals surface area contributed by atoms with Crippen LogP contribution in [0.3, 0.4) is 0 Å². The molecule has 1 aliphatic heterocycles. The molecule has 242 valence electrons. The maximum absolute atomic E-state index is 12.0. The number of nitrogens with one attached hydrogen (secondary N) is 1. The van der Waals surface area contributed by atoms with E-state index < -0.39 is 0 Å².